The van der Waals surface area contributed by atoms with Gasteiger partial charge in [0.15, 0.2) is 0 Å². The molecule has 1 fully saturated rings. The van der Waals surface area contributed by atoms with E-state index >= 15 is 0 Å². The van der Waals surface area contributed by atoms with Gasteiger partial charge in [0.1, 0.15) is 13.2 Å². The van der Waals surface area contributed by atoms with E-state index in [1.54, 1.807) is 0 Å². The van der Waals surface area contributed by atoms with E-state index in [4.69, 9.17) is 9.47 Å². The summed E-state index contributed by atoms with van der Waals surface area (Å²) in [6.07, 6.45) is 0.120. The predicted molar refractivity (Wildman–Crippen MR) is 85.7 cm³/mol. The molecule has 1 aromatic rings. The van der Waals surface area contributed by atoms with Crippen LogP contribution in [0.25, 0.3) is 0 Å². The summed E-state index contributed by atoms with van der Waals surface area (Å²) < 4.78 is 10.3. The Balaban J connectivity index is 1.52. The Labute approximate surface area is 136 Å². The van der Waals surface area contributed by atoms with Crippen LogP contribution in [0.3, 0.4) is 0 Å². The number of piperazine rings is 1. The summed E-state index contributed by atoms with van der Waals surface area (Å²) >= 11 is 0. The summed E-state index contributed by atoms with van der Waals surface area (Å²) in [5, 5.41) is 3.27. The second-order valence-electron chi connectivity index (χ2n) is 5.46. The number of rotatable bonds is 8. The number of hydrogen-bond acceptors (Lipinski definition) is 6. The fourth-order valence-corrected chi connectivity index (χ4v) is 2.31. The van der Waals surface area contributed by atoms with Gasteiger partial charge in [0.05, 0.1) is 12.8 Å². The molecule has 0 aromatic heterocycles. The first-order chi connectivity index (χ1) is 11.2. The fraction of sp³-hybridized carbons (Fsp3) is 0.529. The molecule has 0 spiro atoms. The van der Waals surface area contributed by atoms with Crippen molar-refractivity contribution in [3.63, 3.8) is 0 Å². The van der Waals surface area contributed by atoms with Crippen LogP contribution in [0.2, 0.25) is 0 Å². The van der Waals surface area contributed by atoms with Crippen LogP contribution in [0, 0.1) is 0 Å². The van der Waals surface area contributed by atoms with Crippen LogP contribution in [-0.2, 0) is 25.7 Å². The summed E-state index contributed by atoms with van der Waals surface area (Å²) in [6, 6.07) is 9.45. The zero-order valence-electron chi connectivity index (χ0n) is 13.3. The second-order valence-corrected chi connectivity index (χ2v) is 5.46. The van der Waals surface area contributed by atoms with Crippen molar-refractivity contribution < 1.29 is 19.1 Å². The normalized spacial score (nSPS) is 15.1. The minimum absolute atomic E-state index is 0.0549. The van der Waals surface area contributed by atoms with Gasteiger partial charge in [0, 0.05) is 32.7 Å². The molecule has 0 radical (unpaired) electrons. The van der Waals surface area contributed by atoms with Gasteiger partial charge in [0.25, 0.3) is 0 Å². The van der Waals surface area contributed by atoms with Crippen LogP contribution < -0.4 is 5.32 Å². The van der Waals surface area contributed by atoms with Gasteiger partial charge in [-0.3, -0.25) is 14.5 Å². The fourth-order valence-electron chi connectivity index (χ4n) is 2.31. The maximum Gasteiger partial charge on any atom is 0.306 e. The van der Waals surface area contributed by atoms with E-state index in [0.717, 1.165) is 38.3 Å². The molecular weight excluding hydrogens is 296 g/mol. The maximum absolute atomic E-state index is 11.6. The molecule has 6 heteroatoms. The van der Waals surface area contributed by atoms with Crippen LogP contribution in [-0.4, -0.2) is 56.2 Å². The molecule has 1 aromatic carbocycles. The highest BCUT2D eigenvalue weighted by atomic mass is 16.5. The van der Waals surface area contributed by atoms with Crippen molar-refractivity contribution in [1.29, 1.82) is 0 Å². The molecule has 0 unspecified atom stereocenters. The van der Waals surface area contributed by atoms with Crippen molar-refractivity contribution in [2.75, 3.05) is 39.3 Å². The molecule has 23 heavy (non-hydrogen) atoms. The third kappa shape index (κ3) is 7.25. The molecular formula is C17H24N2O4. The minimum Gasteiger partial charge on any atom is -0.464 e. The van der Waals surface area contributed by atoms with Crippen molar-refractivity contribution in [1.82, 2.24) is 10.2 Å². The highest BCUT2D eigenvalue weighted by Gasteiger charge is 2.12. The molecule has 0 aliphatic carbocycles. The van der Waals surface area contributed by atoms with Gasteiger partial charge in [-0.2, -0.15) is 0 Å². The molecule has 1 aliphatic heterocycles. The zero-order chi connectivity index (χ0) is 16.3. The van der Waals surface area contributed by atoms with Crippen LogP contribution in [0.4, 0.5) is 0 Å². The highest BCUT2D eigenvalue weighted by molar-refractivity contribution is 5.77. The number of esters is 2. The number of carbonyl (C=O) groups excluding carboxylic acids is 2. The average Bonchev–Trinajstić information content (AvgIpc) is 2.60. The molecule has 0 amide bonds. The highest BCUT2D eigenvalue weighted by Crippen LogP contribution is 2.03. The zero-order valence-corrected chi connectivity index (χ0v) is 13.3. The van der Waals surface area contributed by atoms with Gasteiger partial charge < -0.3 is 14.8 Å². The number of carbonyl (C=O) groups is 2. The van der Waals surface area contributed by atoms with E-state index in [1.165, 1.54) is 0 Å². The second kappa shape index (κ2) is 9.97. The SMILES string of the molecule is O=C(CCC(=O)OCc1ccccc1)OCCN1CCNCC1. The van der Waals surface area contributed by atoms with E-state index in [2.05, 4.69) is 10.2 Å². The van der Waals surface area contributed by atoms with Crippen molar-refractivity contribution in [3.8, 4) is 0 Å². The standard InChI is InChI=1S/C17H24N2O4/c20-16(22-13-12-19-10-8-18-9-11-19)6-7-17(21)23-14-15-4-2-1-3-5-15/h1-5,18H,6-14H2. The topological polar surface area (TPSA) is 67.9 Å². The Kier molecular flexibility index (Phi) is 7.56. The lowest BCUT2D eigenvalue weighted by atomic mass is 10.2. The largest absolute Gasteiger partial charge is 0.464 e. The Hall–Kier alpha value is -1.92. The Morgan fingerprint density at radius 2 is 1.65 bits per heavy atom. The summed E-state index contributed by atoms with van der Waals surface area (Å²) in [4.78, 5) is 25.4. The molecule has 0 atom stereocenters. The summed E-state index contributed by atoms with van der Waals surface area (Å²) in [7, 11) is 0. The quantitative estimate of drug-likeness (QED) is 0.720. The molecule has 1 aliphatic rings. The van der Waals surface area contributed by atoms with E-state index in [1.807, 2.05) is 30.3 Å². The molecule has 0 saturated carbocycles. The smallest absolute Gasteiger partial charge is 0.306 e. The Morgan fingerprint density at radius 3 is 2.35 bits per heavy atom. The number of hydrogen-bond donors (Lipinski definition) is 1. The lowest BCUT2D eigenvalue weighted by Crippen LogP contribution is -2.44. The molecule has 1 saturated heterocycles. The van der Waals surface area contributed by atoms with Crippen molar-refractivity contribution in [3.05, 3.63) is 35.9 Å². The van der Waals surface area contributed by atoms with Crippen LogP contribution in [0.1, 0.15) is 18.4 Å². The maximum atomic E-state index is 11.6. The van der Waals surface area contributed by atoms with Crippen molar-refractivity contribution >= 4 is 11.9 Å². The van der Waals surface area contributed by atoms with Crippen molar-refractivity contribution in [2.45, 2.75) is 19.4 Å². The summed E-state index contributed by atoms with van der Waals surface area (Å²) in [5.74, 6) is -0.732. The molecule has 6 nitrogen and oxygen atoms in total. The Morgan fingerprint density at radius 1 is 1.00 bits per heavy atom. The number of nitrogens with zero attached hydrogens (tertiary/aromatic N) is 1. The lowest BCUT2D eigenvalue weighted by Gasteiger charge is -2.26. The van der Waals surface area contributed by atoms with Crippen LogP contribution in [0.15, 0.2) is 30.3 Å². The van der Waals surface area contributed by atoms with E-state index in [0.29, 0.717) is 6.61 Å². The van der Waals surface area contributed by atoms with Gasteiger partial charge in [-0.25, -0.2) is 0 Å². The van der Waals surface area contributed by atoms with Gasteiger partial charge in [-0.1, -0.05) is 30.3 Å². The lowest BCUT2D eigenvalue weighted by molar-refractivity contribution is -0.151. The molecule has 0 bridgehead atoms. The predicted octanol–water partition coefficient (Wildman–Crippen LogP) is 0.958. The van der Waals surface area contributed by atoms with Crippen molar-refractivity contribution in [2.24, 2.45) is 0 Å². The van der Waals surface area contributed by atoms with Gasteiger partial charge in [-0.05, 0) is 5.56 Å². The number of ether oxygens (including phenoxy) is 2. The first-order valence-corrected chi connectivity index (χ1v) is 8.02. The van der Waals surface area contributed by atoms with Gasteiger partial charge in [0.2, 0.25) is 0 Å². The first-order valence-electron chi connectivity index (χ1n) is 8.02. The molecule has 2 rings (SSSR count). The Bertz CT molecular complexity index is 487. The van der Waals surface area contributed by atoms with E-state index in [9.17, 15) is 9.59 Å². The summed E-state index contributed by atoms with van der Waals surface area (Å²) in [5.41, 5.74) is 0.930. The van der Waals surface area contributed by atoms with Crippen LogP contribution >= 0.6 is 0 Å². The number of benzene rings is 1. The van der Waals surface area contributed by atoms with E-state index in [-0.39, 0.29) is 31.4 Å². The monoisotopic (exact) mass is 320 g/mol. The average molecular weight is 320 g/mol. The first kappa shape index (κ1) is 17.4. The number of nitrogens with one attached hydrogen (secondary N) is 1. The molecule has 1 heterocycles. The van der Waals surface area contributed by atoms with E-state index < -0.39 is 0 Å². The third-order valence-electron chi connectivity index (χ3n) is 3.66. The molecule has 126 valence electrons. The van der Waals surface area contributed by atoms with Crippen LogP contribution in [0.5, 0.6) is 0 Å². The molecule has 1 N–H and O–H groups in total. The van der Waals surface area contributed by atoms with Gasteiger partial charge >= 0.3 is 11.9 Å². The summed E-state index contributed by atoms with van der Waals surface area (Å²) in [6.45, 7) is 5.25. The minimum atomic E-state index is -0.382. The third-order valence-corrected chi connectivity index (χ3v) is 3.66. The van der Waals surface area contributed by atoms with Gasteiger partial charge in [-0.15, -0.1) is 0 Å².